The zero-order valence-electron chi connectivity index (χ0n) is 18.0. The third-order valence-electron chi connectivity index (χ3n) is 5.71. The van der Waals surface area contributed by atoms with E-state index in [0.29, 0.717) is 44.0 Å². The van der Waals surface area contributed by atoms with Crippen molar-refractivity contribution in [2.45, 2.75) is 18.9 Å². The fourth-order valence-electron chi connectivity index (χ4n) is 4.07. The molecular weight excluding hydrogens is 430 g/mol. The minimum Gasteiger partial charge on any atom is -0.368 e. The van der Waals surface area contributed by atoms with Gasteiger partial charge in [-0.3, -0.25) is 14.3 Å². The quantitative estimate of drug-likeness (QED) is 0.743. The lowest BCUT2D eigenvalue weighted by Crippen LogP contribution is -2.52. The lowest BCUT2D eigenvalue weighted by atomic mass is 10.0. The minimum absolute atomic E-state index is 0.0338. The van der Waals surface area contributed by atoms with Crippen molar-refractivity contribution < 1.29 is 22.7 Å². The molecule has 2 fully saturated rings. The van der Waals surface area contributed by atoms with Gasteiger partial charge in [-0.25, -0.2) is 8.42 Å². The lowest BCUT2D eigenvalue weighted by molar-refractivity contribution is -0.142. The highest BCUT2D eigenvalue weighted by Crippen LogP contribution is 2.24. The van der Waals surface area contributed by atoms with Gasteiger partial charge in [0.2, 0.25) is 10.0 Å². The number of carbonyl (C=O) groups is 2. The number of nitrogens with one attached hydrogen (secondary N) is 1. The molecule has 0 bridgehead atoms. The molecule has 2 saturated heterocycles. The van der Waals surface area contributed by atoms with Crippen molar-refractivity contribution in [1.82, 2.24) is 9.80 Å². The molecule has 0 radical (unpaired) electrons. The largest absolute Gasteiger partial charge is 0.368 e. The summed E-state index contributed by atoms with van der Waals surface area (Å²) >= 11 is 0. The molecule has 2 amide bonds. The molecule has 0 unspecified atom stereocenters. The lowest BCUT2D eigenvalue weighted by Gasteiger charge is -2.35. The van der Waals surface area contributed by atoms with Gasteiger partial charge in [-0.1, -0.05) is 24.3 Å². The predicted octanol–water partition coefficient (Wildman–Crippen LogP) is 2.19. The van der Waals surface area contributed by atoms with Crippen molar-refractivity contribution in [3.63, 3.8) is 0 Å². The minimum atomic E-state index is -3.35. The summed E-state index contributed by atoms with van der Waals surface area (Å²) in [5, 5.41) is 0. The molecule has 2 aromatic carbocycles. The molecule has 0 spiro atoms. The molecule has 2 aromatic rings. The average Bonchev–Trinajstić information content (AvgIpc) is 3.32. The van der Waals surface area contributed by atoms with E-state index in [9.17, 15) is 18.0 Å². The molecule has 2 aliphatic heterocycles. The molecule has 8 nitrogen and oxygen atoms in total. The van der Waals surface area contributed by atoms with E-state index in [1.54, 1.807) is 40.1 Å². The maximum atomic E-state index is 12.9. The van der Waals surface area contributed by atoms with Gasteiger partial charge in [0, 0.05) is 44.0 Å². The number of rotatable bonds is 5. The molecular formula is C23H27N3O5S. The van der Waals surface area contributed by atoms with Crippen LogP contribution in [0, 0.1) is 0 Å². The Morgan fingerprint density at radius 2 is 1.66 bits per heavy atom. The highest BCUT2D eigenvalue weighted by atomic mass is 32.2. The van der Waals surface area contributed by atoms with Crippen LogP contribution in [-0.4, -0.2) is 75.2 Å². The Morgan fingerprint density at radius 3 is 2.28 bits per heavy atom. The first-order valence-corrected chi connectivity index (χ1v) is 12.6. The van der Waals surface area contributed by atoms with Crippen molar-refractivity contribution in [2.24, 2.45) is 0 Å². The fraction of sp³-hybridized carbons (Fsp3) is 0.391. The van der Waals surface area contributed by atoms with Crippen molar-refractivity contribution in [1.29, 1.82) is 0 Å². The number of carbonyl (C=O) groups excluding carboxylic acids is 2. The van der Waals surface area contributed by atoms with E-state index < -0.39 is 10.0 Å². The summed E-state index contributed by atoms with van der Waals surface area (Å²) in [6, 6.07) is 14.4. The Hall–Kier alpha value is -2.91. The Labute approximate surface area is 188 Å². The van der Waals surface area contributed by atoms with Crippen molar-refractivity contribution in [3.8, 4) is 11.1 Å². The van der Waals surface area contributed by atoms with E-state index in [0.717, 1.165) is 30.2 Å². The van der Waals surface area contributed by atoms with Crippen LogP contribution in [0.25, 0.3) is 11.1 Å². The number of benzene rings is 2. The topological polar surface area (TPSA) is 96.0 Å². The summed E-state index contributed by atoms with van der Waals surface area (Å²) in [5.74, 6) is -0.0280. The smallest absolute Gasteiger partial charge is 0.253 e. The van der Waals surface area contributed by atoms with E-state index in [1.807, 2.05) is 18.2 Å². The third kappa shape index (κ3) is 5.28. The first kappa shape index (κ1) is 22.3. The van der Waals surface area contributed by atoms with Crippen LogP contribution >= 0.6 is 0 Å². The van der Waals surface area contributed by atoms with E-state index in [1.165, 1.54) is 0 Å². The summed E-state index contributed by atoms with van der Waals surface area (Å²) in [6.45, 7) is 2.67. The third-order valence-corrected chi connectivity index (χ3v) is 6.32. The molecule has 170 valence electrons. The highest BCUT2D eigenvalue weighted by Gasteiger charge is 2.31. The maximum absolute atomic E-state index is 12.9. The van der Waals surface area contributed by atoms with E-state index >= 15 is 0 Å². The molecule has 9 heteroatoms. The van der Waals surface area contributed by atoms with Crippen LogP contribution in [0.4, 0.5) is 5.69 Å². The molecule has 2 heterocycles. The van der Waals surface area contributed by atoms with Gasteiger partial charge in [0.25, 0.3) is 11.8 Å². The van der Waals surface area contributed by atoms with E-state index in [2.05, 4.69) is 4.72 Å². The summed E-state index contributed by atoms with van der Waals surface area (Å²) in [6.07, 6.45) is 2.48. The normalized spacial score (nSPS) is 19.1. The summed E-state index contributed by atoms with van der Waals surface area (Å²) in [4.78, 5) is 29.0. The van der Waals surface area contributed by atoms with E-state index in [-0.39, 0.29) is 17.9 Å². The Balaban J connectivity index is 1.38. The number of ether oxygens (including phenoxy) is 1. The van der Waals surface area contributed by atoms with Crippen LogP contribution in [0.2, 0.25) is 0 Å². The number of hydrogen-bond donors (Lipinski definition) is 1. The molecule has 1 atom stereocenters. The molecule has 0 saturated carbocycles. The Morgan fingerprint density at radius 1 is 0.969 bits per heavy atom. The van der Waals surface area contributed by atoms with Crippen LogP contribution in [0.3, 0.4) is 0 Å². The summed E-state index contributed by atoms with van der Waals surface area (Å²) in [5.41, 5.74) is 2.79. The van der Waals surface area contributed by atoms with Crippen molar-refractivity contribution >= 4 is 27.5 Å². The molecule has 0 aliphatic carbocycles. The van der Waals surface area contributed by atoms with Crippen LogP contribution in [0.5, 0.6) is 0 Å². The zero-order chi connectivity index (χ0) is 22.7. The number of sulfonamides is 1. The number of hydrogen-bond acceptors (Lipinski definition) is 5. The SMILES string of the molecule is CS(=O)(=O)Nc1cccc(-c2ccc(C(=O)N3CCN(C(=O)[C@@H]4CCCO4)CC3)cc2)c1. The molecule has 1 N–H and O–H groups in total. The number of anilines is 1. The van der Waals surface area contributed by atoms with Gasteiger partial charge in [-0.05, 0) is 48.2 Å². The summed E-state index contributed by atoms with van der Waals surface area (Å²) in [7, 11) is -3.35. The first-order chi connectivity index (χ1) is 15.3. The van der Waals surface area contributed by atoms with Gasteiger partial charge >= 0.3 is 0 Å². The van der Waals surface area contributed by atoms with Gasteiger partial charge in [0.1, 0.15) is 6.10 Å². The average molecular weight is 458 g/mol. The maximum Gasteiger partial charge on any atom is 0.253 e. The van der Waals surface area contributed by atoms with Crippen molar-refractivity contribution in [3.05, 3.63) is 54.1 Å². The van der Waals surface area contributed by atoms with Gasteiger partial charge in [-0.2, -0.15) is 0 Å². The second-order valence-electron chi connectivity index (χ2n) is 8.15. The standard InChI is InChI=1S/C23H27N3O5S/c1-32(29,30)24-20-5-2-4-19(16-20)17-7-9-18(10-8-17)22(27)25-11-13-26(14-12-25)23(28)21-6-3-15-31-21/h2,4-5,7-10,16,21,24H,3,6,11-15H2,1H3/t21-/m0/s1. The van der Waals surface area contributed by atoms with Crippen LogP contribution in [0.15, 0.2) is 48.5 Å². The fourth-order valence-corrected chi connectivity index (χ4v) is 4.63. The monoisotopic (exact) mass is 457 g/mol. The van der Waals surface area contributed by atoms with Crippen LogP contribution in [0.1, 0.15) is 23.2 Å². The van der Waals surface area contributed by atoms with Gasteiger partial charge in [0.05, 0.1) is 6.26 Å². The first-order valence-electron chi connectivity index (χ1n) is 10.7. The van der Waals surface area contributed by atoms with Gasteiger partial charge in [0.15, 0.2) is 0 Å². The van der Waals surface area contributed by atoms with Gasteiger partial charge in [-0.15, -0.1) is 0 Å². The van der Waals surface area contributed by atoms with Crippen molar-refractivity contribution in [2.75, 3.05) is 43.8 Å². The molecule has 4 rings (SSSR count). The van der Waals surface area contributed by atoms with Gasteiger partial charge < -0.3 is 14.5 Å². The zero-order valence-corrected chi connectivity index (χ0v) is 18.8. The van der Waals surface area contributed by atoms with E-state index in [4.69, 9.17) is 4.74 Å². The van der Waals surface area contributed by atoms with Crippen LogP contribution < -0.4 is 4.72 Å². The molecule has 2 aliphatic rings. The molecule has 0 aromatic heterocycles. The number of nitrogens with zero attached hydrogens (tertiary/aromatic N) is 2. The number of amides is 2. The predicted molar refractivity (Wildman–Crippen MR) is 122 cm³/mol. The highest BCUT2D eigenvalue weighted by molar-refractivity contribution is 7.92. The van der Waals surface area contributed by atoms with Crippen LogP contribution in [-0.2, 0) is 19.6 Å². The molecule has 32 heavy (non-hydrogen) atoms. The second-order valence-corrected chi connectivity index (χ2v) is 9.90. The summed E-state index contributed by atoms with van der Waals surface area (Å²) < 4.78 is 30.9. The Bertz CT molecular complexity index is 1090. The number of piperazine rings is 1. The second kappa shape index (κ2) is 9.30. The Kier molecular flexibility index (Phi) is 6.48.